The number of carbonyl (C=O) groups is 1. The molecule has 0 spiro atoms. The van der Waals surface area contributed by atoms with Gasteiger partial charge in [-0.25, -0.2) is 0 Å². The highest BCUT2D eigenvalue weighted by atomic mass is 35.5. The minimum absolute atomic E-state index is 0. The van der Waals surface area contributed by atoms with Crippen LogP contribution in [-0.4, -0.2) is 40.2 Å². The highest BCUT2D eigenvalue weighted by molar-refractivity contribution is 6.31. The molecule has 1 aromatic carbocycles. The van der Waals surface area contributed by atoms with Crippen molar-refractivity contribution in [1.82, 2.24) is 20.0 Å². The van der Waals surface area contributed by atoms with Crippen molar-refractivity contribution >= 4 is 29.9 Å². The van der Waals surface area contributed by atoms with Crippen LogP contribution in [-0.2, 0) is 0 Å². The average Bonchev–Trinajstić information content (AvgIpc) is 3.32. The molecule has 3 heterocycles. The smallest absolute Gasteiger partial charge is 0.274 e. The number of hydrogen-bond acceptors (Lipinski definition) is 3. The summed E-state index contributed by atoms with van der Waals surface area (Å²) in [6.07, 6.45) is 6.13. The molecule has 1 amide bonds. The third-order valence-electron chi connectivity index (χ3n) is 5.25. The normalized spacial score (nSPS) is 22.9. The lowest BCUT2D eigenvalue weighted by Crippen LogP contribution is -2.33. The van der Waals surface area contributed by atoms with E-state index in [1.54, 1.807) is 0 Å². The van der Waals surface area contributed by atoms with Crippen LogP contribution in [0.3, 0.4) is 0 Å². The van der Waals surface area contributed by atoms with Gasteiger partial charge < -0.3 is 10.2 Å². The van der Waals surface area contributed by atoms with Crippen LogP contribution < -0.4 is 5.32 Å². The van der Waals surface area contributed by atoms with Crippen molar-refractivity contribution in [3.63, 3.8) is 0 Å². The fourth-order valence-corrected chi connectivity index (χ4v) is 4.20. The van der Waals surface area contributed by atoms with E-state index in [4.69, 9.17) is 11.6 Å². The Hall–Kier alpha value is -1.56. The van der Waals surface area contributed by atoms with Gasteiger partial charge in [0.1, 0.15) is 5.69 Å². The van der Waals surface area contributed by atoms with Gasteiger partial charge in [-0.15, -0.1) is 12.4 Å². The van der Waals surface area contributed by atoms with E-state index in [9.17, 15) is 4.79 Å². The van der Waals surface area contributed by atoms with Crippen LogP contribution in [0, 0.1) is 0 Å². The molecule has 0 radical (unpaired) electrons. The summed E-state index contributed by atoms with van der Waals surface area (Å²) in [6, 6.07) is 10.0. The van der Waals surface area contributed by atoms with E-state index in [0.717, 1.165) is 55.9 Å². The number of nitrogens with one attached hydrogen (secondary N) is 1. The first-order valence-corrected chi connectivity index (χ1v) is 9.43. The molecule has 1 N–H and O–H groups in total. The van der Waals surface area contributed by atoms with Crippen LogP contribution in [0.2, 0.25) is 5.02 Å². The van der Waals surface area contributed by atoms with E-state index in [1.807, 2.05) is 46.1 Å². The molecule has 5 nitrogen and oxygen atoms in total. The summed E-state index contributed by atoms with van der Waals surface area (Å²) in [4.78, 5) is 15.0. The van der Waals surface area contributed by atoms with Gasteiger partial charge >= 0.3 is 0 Å². The Balaban J connectivity index is 0.00000196. The minimum atomic E-state index is 0. The number of aromatic nitrogens is 2. The van der Waals surface area contributed by atoms with Crippen LogP contribution in [0.15, 0.2) is 36.5 Å². The van der Waals surface area contributed by atoms with Crippen molar-refractivity contribution in [2.75, 3.05) is 19.6 Å². The van der Waals surface area contributed by atoms with Gasteiger partial charge in [0.15, 0.2) is 0 Å². The molecule has 140 valence electrons. The van der Waals surface area contributed by atoms with E-state index in [0.29, 0.717) is 11.7 Å². The van der Waals surface area contributed by atoms with Gasteiger partial charge in [0.2, 0.25) is 0 Å². The van der Waals surface area contributed by atoms with Crippen molar-refractivity contribution in [3.05, 3.63) is 52.8 Å². The van der Waals surface area contributed by atoms with Crippen molar-refractivity contribution in [2.45, 2.75) is 37.8 Å². The van der Waals surface area contributed by atoms with Gasteiger partial charge in [0.05, 0.1) is 12.1 Å². The molecule has 0 saturated carbocycles. The summed E-state index contributed by atoms with van der Waals surface area (Å²) in [6.45, 7) is 2.74. The lowest BCUT2D eigenvalue weighted by atomic mass is 10.0. The van der Waals surface area contributed by atoms with Crippen molar-refractivity contribution in [3.8, 4) is 0 Å². The maximum absolute atomic E-state index is 13.0. The van der Waals surface area contributed by atoms with Gasteiger partial charge in [0, 0.05) is 24.3 Å². The van der Waals surface area contributed by atoms with Crippen LogP contribution in [0.4, 0.5) is 0 Å². The molecule has 7 heteroatoms. The molecule has 2 aromatic rings. The van der Waals surface area contributed by atoms with E-state index in [1.165, 1.54) is 0 Å². The molecular weight excluding hydrogens is 371 g/mol. The lowest BCUT2D eigenvalue weighted by molar-refractivity contribution is 0.0728. The molecule has 4 rings (SSSR count). The zero-order valence-electron chi connectivity index (χ0n) is 14.6. The molecule has 2 aliphatic rings. The SMILES string of the molecule is Cl.O=C(c1ccn(C2CCCNC2)n1)N1CCCC1c1ccccc1Cl. The fourth-order valence-electron chi connectivity index (χ4n) is 3.94. The third kappa shape index (κ3) is 3.75. The Morgan fingerprint density at radius 2 is 2.04 bits per heavy atom. The molecule has 2 fully saturated rings. The van der Waals surface area contributed by atoms with E-state index < -0.39 is 0 Å². The van der Waals surface area contributed by atoms with E-state index in [-0.39, 0.29) is 24.4 Å². The van der Waals surface area contributed by atoms with Crippen molar-refractivity contribution in [1.29, 1.82) is 0 Å². The summed E-state index contributed by atoms with van der Waals surface area (Å²) in [5.74, 6) is 0.00457. The summed E-state index contributed by atoms with van der Waals surface area (Å²) in [5.41, 5.74) is 1.57. The molecular formula is C19H24Cl2N4O. The Bertz CT molecular complexity index is 758. The highest BCUT2D eigenvalue weighted by Crippen LogP contribution is 2.36. The molecule has 2 saturated heterocycles. The predicted molar refractivity (Wildman–Crippen MR) is 105 cm³/mol. The Kier molecular flexibility index (Phi) is 6.22. The number of rotatable bonds is 3. The van der Waals surface area contributed by atoms with Gasteiger partial charge in [-0.1, -0.05) is 29.8 Å². The zero-order chi connectivity index (χ0) is 17.2. The predicted octanol–water partition coefficient (Wildman–Crippen LogP) is 3.86. The van der Waals surface area contributed by atoms with E-state index >= 15 is 0 Å². The van der Waals surface area contributed by atoms with Gasteiger partial charge in [-0.2, -0.15) is 5.10 Å². The van der Waals surface area contributed by atoms with Crippen LogP contribution in [0.5, 0.6) is 0 Å². The number of benzene rings is 1. The summed E-state index contributed by atoms with van der Waals surface area (Å²) < 4.78 is 1.94. The number of nitrogens with zero attached hydrogens (tertiary/aromatic N) is 3. The second-order valence-electron chi connectivity index (χ2n) is 6.86. The standard InChI is InChI=1S/C19H23ClN4O.ClH/c20-16-7-2-1-6-15(16)18-8-4-11-23(18)19(25)17-9-12-24(22-17)14-5-3-10-21-13-14;/h1-2,6-7,9,12,14,18,21H,3-5,8,10-11,13H2;1H. The molecule has 0 bridgehead atoms. The Labute approximate surface area is 165 Å². The van der Waals surface area contributed by atoms with Gasteiger partial charge in [0.25, 0.3) is 5.91 Å². The average molecular weight is 395 g/mol. The quantitative estimate of drug-likeness (QED) is 0.859. The topological polar surface area (TPSA) is 50.2 Å². The molecule has 2 unspecified atom stereocenters. The van der Waals surface area contributed by atoms with Crippen LogP contribution >= 0.6 is 24.0 Å². The first kappa shape index (κ1) is 19.2. The minimum Gasteiger partial charge on any atom is -0.330 e. The van der Waals surface area contributed by atoms with Crippen molar-refractivity contribution in [2.24, 2.45) is 0 Å². The maximum atomic E-state index is 13.0. The third-order valence-corrected chi connectivity index (χ3v) is 5.59. The fraction of sp³-hybridized carbons (Fsp3) is 0.474. The zero-order valence-corrected chi connectivity index (χ0v) is 16.2. The molecule has 2 aliphatic heterocycles. The first-order valence-electron chi connectivity index (χ1n) is 9.05. The summed E-state index contributed by atoms with van der Waals surface area (Å²) in [5, 5.41) is 8.70. The molecule has 26 heavy (non-hydrogen) atoms. The molecule has 0 aliphatic carbocycles. The lowest BCUT2D eigenvalue weighted by Gasteiger charge is -2.25. The highest BCUT2D eigenvalue weighted by Gasteiger charge is 2.33. The number of halogens is 2. The Morgan fingerprint density at radius 3 is 2.81 bits per heavy atom. The van der Waals surface area contributed by atoms with E-state index in [2.05, 4.69) is 10.4 Å². The monoisotopic (exact) mass is 394 g/mol. The summed E-state index contributed by atoms with van der Waals surface area (Å²) >= 11 is 6.36. The second kappa shape index (κ2) is 8.42. The Morgan fingerprint density at radius 1 is 1.19 bits per heavy atom. The van der Waals surface area contributed by atoms with Crippen molar-refractivity contribution < 1.29 is 4.79 Å². The van der Waals surface area contributed by atoms with Gasteiger partial charge in [-0.05, 0) is 49.9 Å². The second-order valence-corrected chi connectivity index (χ2v) is 7.27. The number of hydrogen-bond donors (Lipinski definition) is 1. The molecule has 2 atom stereocenters. The number of carbonyl (C=O) groups excluding carboxylic acids is 1. The number of likely N-dealkylation sites (tertiary alicyclic amines) is 1. The first-order chi connectivity index (χ1) is 12.2. The molecule has 1 aromatic heterocycles. The summed E-state index contributed by atoms with van der Waals surface area (Å²) in [7, 11) is 0. The van der Waals surface area contributed by atoms with Crippen LogP contribution in [0.1, 0.15) is 53.8 Å². The number of amides is 1. The maximum Gasteiger partial charge on any atom is 0.274 e. The number of piperidine rings is 1. The van der Waals surface area contributed by atoms with Crippen LogP contribution in [0.25, 0.3) is 0 Å². The largest absolute Gasteiger partial charge is 0.330 e. The van der Waals surface area contributed by atoms with Gasteiger partial charge in [-0.3, -0.25) is 9.48 Å².